The van der Waals surface area contributed by atoms with E-state index in [9.17, 15) is 19.2 Å². The molecule has 0 radical (unpaired) electrons. The van der Waals surface area contributed by atoms with Gasteiger partial charge < -0.3 is 15.0 Å². The van der Waals surface area contributed by atoms with Gasteiger partial charge in [-0.05, 0) is 68.1 Å². The van der Waals surface area contributed by atoms with Gasteiger partial charge in [0, 0.05) is 24.3 Å². The van der Waals surface area contributed by atoms with Crippen LogP contribution in [0.15, 0.2) is 59.3 Å². The lowest BCUT2D eigenvalue weighted by atomic mass is 10.1. The molecule has 8 nitrogen and oxygen atoms in total. The minimum Gasteiger partial charge on any atom is -0.462 e. The Morgan fingerprint density at radius 3 is 2.37 bits per heavy atom. The van der Waals surface area contributed by atoms with Crippen LogP contribution in [-0.2, 0) is 14.3 Å². The first-order chi connectivity index (χ1) is 16.9. The SMILES string of the molecule is CCCOC(=O)c1cccc(N2C(=O)C(Cl)=C(Nc3ccc(C(=O)N4CCCCC4)cc3)C2=O)c1. The summed E-state index contributed by atoms with van der Waals surface area (Å²) < 4.78 is 5.13. The van der Waals surface area contributed by atoms with E-state index in [1.165, 1.54) is 6.07 Å². The van der Waals surface area contributed by atoms with Gasteiger partial charge in [-0.1, -0.05) is 24.6 Å². The highest BCUT2D eigenvalue weighted by Gasteiger charge is 2.39. The Bertz CT molecular complexity index is 1190. The number of amides is 3. The highest BCUT2D eigenvalue weighted by atomic mass is 35.5. The Hall–Kier alpha value is -3.65. The number of carbonyl (C=O) groups is 4. The molecule has 0 unspecified atom stereocenters. The third-order valence-corrected chi connectivity index (χ3v) is 6.20. The van der Waals surface area contributed by atoms with Gasteiger partial charge in [0.15, 0.2) is 0 Å². The van der Waals surface area contributed by atoms with Crippen molar-refractivity contribution in [2.45, 2.75) is 32.6 Å². The topological polar surface area (TPSA) is 96.0 Å². The number of carbonyl (C=O) groups excluding carboxylic acids is 4. The van der Waals surface area contributed by atoms with Crippen molar-refractivity contribution in [3.63, 3.8) is 0 Å². The van der Waals surface area contributed by atoms with Crippen LogP contribution in [0.5, 0.6) is 0 Å². The lowest BCUT2D eigenvalue weighted by molar-refractivity contribution is -0.120. The molecular formula is C26H26ClN3O5. The summed E-state index contributed by atoms with van der Waals surface area (Å²) in [5.41, 5.74) is 1.42. The van der Waals surface area contributed by atoms with Crippen LogP contribution in [0.1, 0.15) is 53.3 Å². The van der Waals surface area contributed by atoms with E-state index in [4.69, 9.17) is 16.3 Å². The first-order valence-corrected chi connectivity index (χ1v) is 12.0. The fraction of sp³-hybridized carbons (Fsp3) is 0.308. The largest absolute Gasteiger partial charge is 0.462 e. The normalized spacial score (nSPS) is 16.1. The molecule has 2 aliphatic heterocycles. The monoisotopic (exact) mass is 495 g/mol. The number of hydrogen-bond acceptors (Lipinski definition) is 6. The molecule has 2 aliphatic rings. The van der Waals surface area contributed by atoms with Crippen LogP contribution in [0.2, 0.25) is 0 Å². The smallest absolute Gasteiger partial charge is 0.338 e. The summed E-state index contributed by atoms with van der Waals surface area (Å²) in [7, 11) is 0. The van der Waals surface area contributed by atoms with Crippen molar-refractivity contribution in [3.8, 4) is 0 Å². The molecule has 3 amide bonds. The third-order valence-electron chi connectivity index (χ3n) is 5.85. The number of hydrogen-bond donors (Lipinski definition) is 1. The maximum atomic E-state index is 13.1. The van der Waals surface area contributed by atoms with E-state index in [2.05, 4.69) is 5.32 Å². The van der Waals surface area contributed by atoms with E-state index in [0.717, 1.165) is 37.3 Å². The van der Waals surface area contributed by atoms with Crippen LogP contribution in [0, 0.1) is 0 Å². The molecule has 1 fully saturated rings. The Kier molecular flexibility index (Phi) is 7.51. The fourth-order valence-corrected chi connectivity index (χ4v) is 4.23. The minimum absolute atomic E-state index is 0.0239. The Morgan fingerprint density at radius 1 is 0.971 bits per heavy atom. The number of halogens is 1. The summed E-state index contributed by atoms with van der Waals surface area (Å²) in [6, 6.07) is 12.8. The minimum atomic E-state index is -0.699. The summed E-state index contributed by atoms with van der Waals surface area (Å²) in [6.07, 6.45) is 3.83. The third kappa shape index (κ3) is 5.22. The Balaban J connectivity index is 1.48. The van der Waals surface area contributed by atoms with Crippen molar-refractivity contribution < 1.29 is 23.9 Å². The molecule has 9 heteroatoms. The maximum Gasteiger partial charge on any atom is 0.338 e. The zero-order valence-corrected chi connectivity index (χ0v) is 20.1. The van der Waals surface area contributed by atoms with Gasteiger partial charge in [0.25, 0.3) is 17.7 Å². The van der Waals surface area contributed by atoms with Gasteiger partial charge in [-0.15, -0.1) is 0 Å². The second kappa shape index (κ2) is 10.7. The summed E-state index contributed by atoms with van der Waals surface area (Å²) in [4.78, 5) is 53.5. The van der Waals surface area contributed by atoms with Crippen LogP contribution < -0.4 is 10.2 Å². The molecule has 0 aromatic heterocycles. The molecule has 1 saturated heterocycles. The summed E-state index contributed by atoms with van der Waals surface area (Å²) in [5.74, 6) is -1.91. The number of benzene rings is 2. The average Bonchev–Trinajstić information content (AvgIpc) is 3.10. The van der Waals surface area contributed by atoms with E-state index >= 15 is 0 Å². The van der Waals surface area contributed by atoms with Gasteiger partial charge in [0.2, 0.25) is 0 Å². The quantitative estimate of drug-likeness (QED) is 0.454. The van der Waals surface area contributed by atoms with Crippen LogP contribution in [0.4, 0.5) is 11.4 Å². The van der Waals surface area contributed by atoms with E-state index in [1.54, 1.807) is 42.5 Å². The highest BCUT2D eigenvalue weighted by molar-refractivity contribution is 6.53. The number of ether oxygens (including phenoxy) is 1. The van der Waals surface area contributed by atoms with Crippen LogP contribution >= 0.6 is 11.6 Å². The van der Waals surface area contributed by atoms with Gasteiger partial charge in [-0.25, -0.2) is 9.69 Å². The Morgan fingerprint density at radius 2 is 1.69 bits per heavy atom. The van der Waals surface area contributed by atoms with E-state index < -0.39 is 17.8 Å². The Labute approximate surface area is 208 Å². The molecule has 0 aliphatic carbocycles. The fourth-order valence-electron chi connectivity index (χ4n) is 4.02. The lowest BCUT2D eigenvalue weighted by Crippen LogP contribution is -2.35. The van der Waals surface area contributed by atoms with Crippen LogP contribution in [0.25, 0.3) is 0 Å². The lowest BCUT2D eigenvalue weighted by Gasteiger charge is -2.26. The summed E-state index contributed by atoms with van der Waals surface area (Å²) >= 11 is 6.22. The first kappa shape index (κ1) is 24.5. The molecule has 2 aromatic rings. The summed E-state index contributed by atoms with van der Waals surface area (Å²) in [6.45, 7) is 3.67. The van der Waals surface area contributed by atoms with Gasteiger partial charge >= 0.3 is 5.97 Å². The molecule has 0 saturated carbocycles. The van der Waals surface area contributed by atoms with E-state index in [1.807, 2.05) is 11.8 Å². The second-order valence-corrected chi connectivity index (χ2v) is 8.75. The van der Waals surface area contributed by atoms with Crippen LogP contribution in [0.3, 0.4) is 0 Å². The number of likely N-dealkylation sites (tertiary alicyclic amines) is 1. The predicted octanol–water partition coefficient (Wildman–Crippen LogP) is 4.32. The number of piperidine rings is 1. The number of nitrogens with one attached hydrogen (secondary N) is 1. The molecule has 4 rings (SSSR count). The maximum absolute atomic E-state index is 13.1. The molecule has 0 atom stereocenters. The van der Waals surface area contributed by atoms with Gasteiger partial charge in [-0.3, -0.25) is 14.4 Å². The summed E-state index contributed by atoms with van der Waals surface area (Å²) in [5, 5.41) is 2.64. The molecule has 0 spiro atoms. The molecule has 2 aromatic carbocycles. The predicted molar refractivity (Wildman–Crippen MR) is 132 cm³/mol. The van der Waals surface area contributed by atoms with Crippen molar-refractivity contribution in [2.75, 3.05) is 29.9 Å². The first-order valence-electron chi connectivity index (χ1n) is 11.6. The van der Waals surface area contributed by atoms with E-state index in [-0.39, 0.29) is 34.5 Å². The van der Waals surface area contributed by atoms with Gasteiger partial charge in [0.1, 0.15) is 10.7 Å². The molecule has 35 heavy (non-hydrogen) atoms. The molecular weight excluding hydrogens is 470 g/mol. The number of rotatable bonds is 7. The van der Waals surface area contributed by atoms with Crippen LogP contribution in [-0.4, -0.2) is 48.3 Å². The molecule has 0 bridgehead atoms. The van der Waals surface area contributed by atoms with Gasteiger partial charge in [0.05, 0.1) is 17.9 Å². The standard InChI is InChI=1S/C26H26ClN3O5/c1-2-15-35-26(34)18-7-6-8-20(16-18)30-24(32)21(27)22(25(30)33)28-19-11-9-17(10-12-19)23(31)29-13-4-3-5-14-29/h6-12,16,28H,2-5,13-15H2,1H3. The van der Waals surface area contributed by atoms with Crippen molar-refractivity contribution >= 4 is 46.7 Å². The van der Waals surface area contributed by atoms with Crippen molar-refractivity contribution in [1.29, 1.82) is 0 Å². The van der Waals surface area contributed by atoms with Crippen molar-refractivity contribution in [2.24, 2.45) is 0 Å². The number of imide groups is 1. The van der Waals surface area contributed by atoms with E-state index in [0.29, 0.717) is 17.7 Å². The molecule has 2 heterocycles. The van der Waals surface area contributed by atoms with Crippen molar-refractivity contribution in [1.82, 2.24) is 4.90 Å². The zero-order chi connectivity index (χ0) is 24.9. The second-order valence-electron chi connectivity index (χ2n) is 8.38. The van der Waals surface area contributed by atoms with Crippen molar-refractivity contribution in [3.05, 3.63) is 70.4 Å². The number of anilines is 2. The zero-order valence-electron chi connectivity index (χ0n) is 19.4. The number of nitrogens with zero attached hydrogens (tertiary/aromatic N) is 2. The highest BCUT2D eigenvalue weighted by Crippen LogP contribution is 2.31. The molecule has 1 N–H and O–H groups in total. The number of esters is 1. The molecule has 182 valence electrons. The van der Waals surface area contributed by atoms with Gasteiger partial charge in [-0.2, -0.15) is 0 Å². The average molecular weight is 496 g/mol.